The van der Waals surface area contributed by atoms with Crippen molar-refractivity contribution < 1.29 is 23.9 Å². The molecule has 9 nitrogen and oxygen atoms in total. The Morgan fingerprint density at radius 3 is 2.35 bits per heavy atom. The summed E-state index contributed by atoms with van der Waals surface area (Å²) in [6, 6.07) is 18.9. The van der Waals surface area contributed by atoms with Gasteiger partial charge in [0.1, 0.15) is 12.4 Å². The van der Waals surface area contributed by atoms with Crippen LogP contribution in [0.25, 0.3) is 6.08 Å². The van der Waals surface area contributed by atoms with Crippen molar-refractivity contribution in [3.63, 3.8) is 0 Å². The summed E-state index contributed by atoms with van der Waals surface area (Å²) in [5, 5.41) is 14.1. The van der Waals surface area contributed by atoms with Gasteiger partial charge in [0.2, 0.25) is 0 Å². The van der Waals surface area contributed by atoms with Crippen molar-refractivity contribution in [3.05, 3.63) is 92.9 Å². The van der Waals surface area contributed by atoms with E-state index in [1.807, 2.05) is 44.2 Å². The Morgan fingerprint density at radius 2 is 1.68 bits per heavy atom. The summed E-state index contributed by atoms with van der Waals surface area (Å²) in [7, 11) is 0. The number of nitrogens with zero attached hydrogens (tertiary/aromatic N) is 2. The van der Waals surface area contributed by atoms with Gasteiger partial charge in [-0.05, 0) is 91.3 Å². The Hall–Kier alpha value is -4.31. The minimum Gasteiger partial charge on any atom is -0.494 e. The number of aliphatic imine (C=N–C) groups is 1. The molecule has 1 amide bonds. The first-order valence-corrected chi connectivity index (χ1v) is 12.4. The molecule has 1 heterocycles. The van der Waals surface area contributed by atoms with Crippen LogP contribution >= 0.6 is 11.8 Å². The molecule has 0 unspecified atom stereocenters. The molecule has 1 aliphatic heterocycles. The Morgan fingerprint density at radius 1 is 0.946 bits per heavy atom. The lowest BCUT2D eigenvalue weighted by molar-refractivity contribution is -0.384. The van der Waals surface area contributed by atoms with Gasteiger partial charge in [0.25, 0.3) is 11.6 Å². The first kappa shape index (κ1) is 25.8. The zero-order valence-corrected chi connectivity index (χ0v) is 21.1. The number of carbonyl (C=O) groups excluding carboxylic acids is 1. The highest BCUT2D eigenvalue weighted by Crippen LogP contribution is 2.33. The fourth-order valence-electron chi connectivity index (χ4n) is 3.41. The average molecular weight is 520 g/mol. The molecular formula is C27H25N3O6S. The number of thioether (sulfide) groups is 1. The number of non-ortho nitro benzene ring substituents is 1. The van der Waals surface area contributed by atoms with Gasteiger partial charge in [-0.25, -0.2) is 4.99 Å². The molecule has 0 bridgehead atoms. The number of amides is 1. The predicted octanol–water partition coefficient (Wildman–Crippen LogP) is 5.86. The number of hydrogen-bond acceptors (Lipinski definition) is 8. The molecular weight excluding hydrogens is 494 g/mol. The number of benzene rings is 3. The average Bonchev–Trinajstić information content (AvgIpc) is 3.23. The minimum absolute atomic E-state index is 0.0256. The van der Waals surface area contributed by atoms with Gasteiger partial charge in [-0.1, -0.05) is 6.07 Å². The highest BCUT2D eigenvalue weighted by molar-refractivity contribution is 8.18. The van der Waals surface area contributed by atoms with E-state index in [0.29, 0.717) is 40.5 Å². The van der Waals surface area contributed by atoms with Crippen LogP contribution in [-0.2, 0) is 11.4 Å². The summed E-state index contributed by atoms with van der Waals surface area (Å²) in [6.07, 6.45) is 1.77. The standard InChI is InChI=1S/C27H25N3O6S/c1-3-34-22-12-8-20(9-13-22)28-27-29-26(31)25(37-27)16-19-7-14-23(24(15-19)35-4-2)36-17-18-5-10-21(11-6-18)30(32)33/h5-16H,3-4,17H2,1-2H3,(H,28,29,31)/b25-16-. The second-order valence-electron chi connectivity index (χ2n) is 7.76. The van der Waals surface area contributed by atoms with Crippen LogP contribution in [0.1, 0.15) is 25.0 Å². The summed E-state index contributed by atoms with van der Waals surface area (Å²) in [5.41, 5.74) is 2.29. The lowest BCUT2D eigenvalue weighted by Crippen LogP contribution is -2.19. The van der Waals surface area contributed by atoms with E-state index in [1.165, 1.54) is 23.9 Å². The number of carbonyl (C=O) groups is 1. The van der Waals surface area contributed by atoms with Gasteiger partial charge in [-0.2, -0.15) is 0 Å². The van der Waals surface area contributed by atoms with E-state index in [1.54, 1.807) is 30.3 Å². The number of amidine groups is 1. The van der Waals surface area contributed by atoms with Crippen molar-refractivity contribution in [3.8, 4) is 17.2 Å². The van der Waals surface area contributed by atoms with Gasteiger partial charge in [0.15, 0.2) is 16.7 Å². The van der Waals surface area contributed by atoms with Gasteiger partial charge < -0.3 is 19.5 Å². The largest absolute Gasteiger partial charge is 0.494 e. The third kappa shape index (κ3) is 6.89. The number of nitrogens with one attached hydrogen (secondary N) is 1. The van der Waals surface area contributed by atoms with Crippen LogP contribution in [0.2, 0.25) is 0 Å². The SMILES string of the molecule is CCOc1ccc(N=C2NC(=O)/C(=C/c3ccc(OCc4ccc([N+](=O)[O-])cc4)c(OCC)c3)S2)cc1. The van der Waals surface area contributed by atoms with Crippen molar-refractivity contribution in [1.29, 1.82) is 0 Å². The van der Waals surface area contributed by atoms with Crippen molar-refractivity contribution in [2.24, 2.45) is 4.99 Å². The third-order valence-corrected chi connectivity index (χ3v) is 6.05. The van der Waals surface area contributed by atoms with Crippen LogP contribution in [0, 0.1) is 10.1 Å². The maximum atomic E-state index is 12.5. The molecule has 0 atom stereocenters. The Kier molecular flexibility index (Phi) is 8.42. The van der Waals surface area contributed by atoms with Gasteiger partial charge in [0, 0.05) is 12.1 Å². The monoisotopic (exact) mass is 519 g/mol. The molecule has 4 rings (SSSR count). The lowest BCUT2D eigenvalue weighted by atomic mass is 10.1. The van der Waals surface area contributed by atoms with Crippen LogP contribution in [0.3, 0.4) is 0 Å². The zero-order chi connectivity index (χ0) is 26.2. The highest BCUT2D eigenvalue weighted by Gasteiger charge is 2.24. The lowest BCUT2D eigenvalue weighted by Gasteiger charge is -2.13. The van der Waals surface area contributed by atoms with E-state index in [-0.39, 0.29) is 18.2 Å². The second kappa shape index (κ2) is 12.1. The molecule has 0 saturated carbocycles. The van der Waals surface area contributed by atoms with Crippen LogP contribution in [0.5, 0.6) is 17.2 Å². The number of hydrogen-bond donors (Lipinski definition) is 1. The molecule has 1 aliphatic rings. The molecule has 190 valence electrons. The summed E-state index contributed by atoms with van der Waals surface area (Å²) in [4.78, 5) is 27.9. The first-order valence-electron chi connectivity index (χ1n) is 11.6. The van der Waals surface area contributed by atoms with E-state index in [4.69, 9.17) is 14.2 Å². The molecule has 3 aromatic carbocycles. The molecule has 1 saturated heterocycles. The summed E-state index contributed by atoms with van der Waals surface area (Å²) in [6.45, 7) is 5.04. The molecule has 0 aromatic heterocycles. The van der Waals surface area contributed by atoms with Crippen LogP contribution in [-0.4, -0.2) is 29.2 Å². The maximum absolute atomic E-state index is 12.5. The fraction of sp³-hybridized carbons (Fsp3) is 0.185. The molecule has 1 fully saturated rings. The van der Waals surface area contributed by atoms with Crippen molar-refractivity contribution in [2.45, 2.75) is 20.5 Å². The minimum atomic E-state index is -0.442. The van der Waals surface area contributed by atoms with Crippen molar-refractivity contribution in [1.82, 2.24) is 5.32 Å². The van der Waals surface area contributed by atoms with E-state index >= 15 is 0 Å². The molecule has 0 aliphatic carbocycles. The summed E-state index contributed by atoms with van der Waals surface area (Å²) < 4.78 is 17.1. The van der Waals surface area contributed by atoms with Crippen LogP contribution in [0.15, 0.2) is 76.6 Å². The Labute approximate surface area is 218 Å². The quantitative estimate of drug-likeness (QED) is 0.203. The van der Waals surface area contributed by atoms with Crippen LogP contribution in [0.4, 0.5) is 11.4 Å². The van der Waals surface area contributed by atoms with E-state index in [2.05, 4.69) is 10.3 Å². The Balaban J connectivity index is 1.46. The van der Waals surface area contributed by atoms with Gasteiger partial charge in [0.05, 0.1) is 28.7 Å². The molecule has 1 N–H and O–H groups in total. The van der Waals surface area contributed by atoms with Gasteiger partial charge in [-0.15, -0.1) is 0 Å². The van der Waals surface area contributed by atoms with Crippen molar-refractivity contribution >= 4 is 40.3 Å². The normalized spacial score (nSPS) is 15.0. The molecule has 0 radical (unpaired) electrons. The van der Waals surface area contributed by atoms with Gasteiger partial charge in [-0.3, -0.25) is 14.9 Å². The smallest absolute Gasteiger partial charge is 0.269 e. The summed E-state index contributed by atoms with van der Waals surface area (Å²) >= 11 is 1.26. The number of ether oxygens (including phenoxy) is 3. The molecule has 37 heavy (non-hydrogen) atoms. The van der Waals surface area contributed by atoms with E-state index in [9.17, 15) is 14.9 Å². The third-order valence-electron chi connectivity index (χ3n) is 5.14. The number of nitro benzene ring substituents is 1. The maximum Gasteiger partial charge on any atom is 0.269 e. The zero-order valence-electron chi connectivity index (χ0n) is 20.3. The van der Waals surface area contributed by atoms with Crippen LogP contribution < -0.4 is 19.5 Å². The molecule has 3 aromatic rings. The predicted molar refractivity (Wildman–Crippen MR) is 143 cm³/mol. The molecule has 10 heteroatoms. The second-order valence-corrected chi connectivity index (χ2v) is 8.79. The highest BCUT2D eigenvalue weighted by atomic mass is 32.2. The van der Waals surface area contributed by atoms with E-state index < -0.39 is 4.92 Å². The fourth-order valence-corrected chi connectivity index (χ4v) is 4.25. The topological polar surface area (TPSA) is 112 Å². The Bertz CT molecular complexity index is 1340. The summed E-state index contributed by atoms with van der Waals surface area (Å²) in [5.74, 6) is 1.60. The number of rotatable bonds is 10. The first-order chi connectivity index (χ1) is 17.9. The molecule has 0 spiro atoms. The van der Waals surface area contributed by atoms with E-state index in [0.717, 1.165) is 16.9 Å². The number of nitro groups is 1. The van der Waals surface area contributed by atoms with Gasteiger partial charge >= 0.3 is 0 Å². The van der Waals surface area contributed by atoms with Crippen molar-refractivity contribution in [2.75, 3.05) is 13.2 Å².